The Morgan fingerprint density at radius 3 is 2.60 bits per heavy atom. The standard InChI is InChI=1S/C27H28N6O2/c1-16-24(28)25(32-27(35)30-16)26(34)31-21-13-12-20(14-21)18-8-10-19(11-9-18)23-15-29-33(17(23)2)22-6-4-3-5-7-22/h3-11,15,20-21H,1,12-14,28H2,2H3,(H,31,34)(H2,30,32,35)/t20-,21+/m0/s1. The summed E-state index contributed by atoms with van der Waals surface area (Å²) in [6, 6.07) is 18.2. The molecule has 2 aliphatic rings. The highest BCUT2D eigenvalue weighted by Crippen LogP contribution is 2.36. The van der Waals surface area contributed by atoms with Gasteiger partial charge in [0.05, 0.1) is 23.3 Å². The molecule has 0 unspecified atom stereocenters. The third-order valence-electron chi connectivity index (χ3n) is 6.80. The number of nitrogens with zero attached hydrogens (tertiary/aromatic N) is 2. The summed E-state index contributed by atoms with van der Waals surface area (Å²) in [5, 5.41) is 12.5. The molecule has 2 atom stereocenters. The van der Waals surface area contributed by atoms with Crippen LogP contribution in [-0.4, -0.2) is 27.8 Å². The lowest BCUT2D eigenvalue weighted by Gasteiger charge is -2.22. The minimum Gasteiger partial charge on any atom is -0.395 e. The average Bonchev–Trinajstić information content (AvgIpc) is 3.48. The lowest BCUT2D eigenvalue weighted by atomic mass is 9.95. The predicted octanol–water partition coefficient (Wildman–Crippen LogP) is 3.60. The van der Waals surface area contributed by atoms with E-state index in [4.69, 9.17) is 5.73 Å². The maximum Gasteiger partial charge on any atom is 0.323 e. The van der Waals surface area contributed by atoms with Gasteiger partial charge in [-0.15, -0.1) is 0 Å². The monoisotopic (exact) mass is 468 g/mol. The first kappa shape index (κ1) is 22.5. The van der Waals surface area contributed by atoms with E-state index < -0.39 is 6.03 Å². The third kappa shape index (κ3) is 4.42. The summed E-state index contributed by atoms with van der Waals surface area (Å²) in [4.78, 5) is 24.4. The van der Waals surface area contributed by atoms with Gasteiger partial charge in [-0.25, -0.2) is 9.48 Å². The number of nitrogens with one attached hydrogen (secondary N) is 3. The van der Waals surface area contributed by atoms with E-state index in [-0.39, 0.29) is 29.0 Å². The van der Waals surface area contributed by atoms with Crippen molar-refractivity contribution in [2.24, 2.45) is 5.73 Å². The normalized spacial score (nSPS) is 19.9. The molecule has 8 heteroatoms. The summed E-state index contributed by atoms with van der Waals surface area (Å²) in [6.45, 7) is 5.75. The molecule has 1 aliphatic heterocycles. The van der Waals surface area contributed by atoms with Crippen molar-refractivity contribution in [3.05, 3.63) is 95.7 Å². The Kier molecular flexibility index (Phi) is 5.86. The first-order valence-corrected chi connectivity index (χ1v) is 11.7. The minimum atomic E-state index is -0.511. The molecule has 1 saturated carbocycles. The smallest absolute Gasteiger partial charge is 0.323 e. The van der Waals surface area contributed by atoms with Gasteiger partial charge in [-0.05, 0) is 55.4 Å². The van der Waals surface area contributed by atoms with Crippen LogP contribution in [0, 0.1) is 6.92 Å². The first-order chi connectivity index (χ1) is 16.9. The van der Waals surface area contributed by atoms with Crippen molar-refractivity contribution in [3.8, 4) is 16.8 Å². The van der Waals surface area contributed by atoms with E-state index in [0.29, 0.717) is 5.92 Å². The van der Waals surface area contributed by atoms with Crippen molar-refractivity contribution in [1.29, 1.82) is 0 Å². The van der Waals surface area contributed by atoms with Gasteiger partial charge in [-0.3, -0.25) is 4.79 Å². The van der Waals surface area contributed by atoms with Crippen LogP contribution >= 0.6 is 0 Å². The zero-order valence-corrected chi connectivity index (χ0v) is 19.5. The van der Waals surface area contributed by atoms with Gasteiger partial charge in [0, 0.05) is 17.3 Å². The second-order valence-electron chi connectivity index (χ2n) is 9.04. The first-order valence-electron chi connectivity index (χ1n) is 11.7. The van der Waals surface area contributed by atoms with Gasteiger partial charge in [0.2, 0.25) is 0 Å². The Balaban J connectivity index is 1.25. The SMILES string of the molecule is C=C1NC(=O)NC(C(=O)N[C@@H]2CC[C@H](c3ccc(-c4cnn(-c5ccccc5)c4C)cc3)C2)=C1N. The van der Waals surface area contributed by atoms with E-state index in [1.165, 1.54) is 5.56 Å². The fraction of sp³-hybridized carbons (Fsp3) is 0.222. The molecule has 8 nitrogen and oxygen atoms in total. The molecule has 1 fully saturated rings. The largest absolute Gasteiger partial charge is 0.395 e. The Bertz CT molecular complexity index is 1320. The summed E-state index contributed by atoms with van der Waals surface area (Å²) < 4.78 is 1.95. The maximum atomic E-state index is 12.7. The highest BCUT2D eigenvalue weighted by Gasteiger charge is 2.30. The van der Waals surface area contributed by atoms with Gasteiger partial charge < -0.3 is 21.7 Å². The van der Waals surface area contributed by atoms with Gasteiger partial charge in [0.15, 0.2) is 0 Å². The topological polar surface area (TPSA) is 114 Å². The van der Waals surface area contributed by atoms with Crippen LogP contribution in [0.15, 0.2) is 84.5 Å². The summed E-state index contributed by atoms with van der Waals surface area (Å²) in [6.07, 6.45) is 4.58. The third-order valence-corrected chi connectivity index (χ3v) is 6.80. The number of carbonyl (C=O) groups excluding carboxylic acids is 2. The summed E-state index contributed by atoms with van der Waals surface area (Å²) in [5.41, 5.74) is 12.0. The second kappa shape index (κ2) is 9.13. The van der Waals surface area contributed by atoms with E-state index in [1.54, 1.807) is 0 Å². The van der Waals surface area contributed by atoms with Gasteiger partial charge in [0.1, 0.15) is 5.70 Å². The molecular formula is C27H28N6O2. The van der Waals surface area contributed by atoms with Crippen molar-refractivity contribution in [3.63, 3.8) is 0 Å². The van der Waals surface area contributed by atoms with Crippen LogP contribution in [0.4, 0.5) is 4.79 Å². The predicted molar refractivity (Wildman–Crippen MR) is 134 cm³/mol. The fourth-order valence-electron chi connectivity index (χ4n) is 4.88. The molecule has 35 heavy (non-hydrogen) atoms. The van der Waals surface area contributed by atoms with E-state index in [2.05, 4.69) is 58.8 Å². The molecule has 0 radical (unpaired) electrons. The molecule has 178 valence electrons. The number of urea groups is 1. The number of rotatable bonds is 5. The zero-order valence-electron chi connectivity index (χ0n) is 19.5. The molecule has 3 aromatic rings. The van der Waals surface area contributed by atoms with Crippen molar-refractivity contribution in [1.82, 2.24) is 25.7 Å². The number of benzene rings is 2. The fourth-order valence-corrected chi connectivity index (χ4v) is 4.88. The van der Waals surface area contributed by atoms with Crippen LogP contribution in [0.5, 0.6) is 0 Å². The van der Waals surface area contributed by atoms with Crippen LogP contribution in [0.25, 0.3) is 16.8 Å². The highest BCUT2D eigenvalue weighted by molar-refractivity contribution is 6.00. The van der Waals surface area contributed by atoms with Crippen LogP contribution in [0.3, 0.4) is 0 Å². The summed E-state index contributed by atoms with van der Waals surface area (Å²) in [5.74, 6) is -0.0307. The van der Waals surface area contributed by atoms with Crippen molar-refractivity contribution >= 4 is 11.9 Å². The van der Waals surface area contributed by atoms with Gasteiger partial charge >= 0.3 is 6.03 Å². The van der Waals surface area contributed by atoms with Gasteiger partial charge in [-0.2, -0.15) is 5.10 Å². The number of aromatic nitrogens is 2. The number of para-hydroxylation sites is 1. The Labute approximate surface area is 203 Å². The zero-order chi connectivity index (χ0) is 24.5. The molecule has 5 N–H and O–H groups in total. The molecule has 2 aromatic carbocycles. The average molecular weight is 469 g/mol. The number of hydrogen-bond donors (Lipinski definition) is 4. The number of hydrogen-bond acceptors (Lipinski definition) is 4. The lowest BCUT2D eigenvalue weighted by Crippen LogP contribution is -2.48. The van der Waals surface area contributed by atoms with Crippen LogP contribution in [0.1, 0.15) is 36.4 Å². The Morgan fingerprint density at radius 1 is 1.11 bits per heavy atom. The number of nitrogens with two attached hydrogens (primary N) is 1. The molecule has 0 saturated heterocycles. The van der Waals surface area contributed by atoms with E-state index in [0.717, 1.165) is 41.8 Å². The summed E-state index contributed by atoms with van der Waals surface area (Å²) in [7, 11) is 0. The maximum absolute atomic E-state index is 12.7. The molecule has 0 bridgehead atoms. The minimum absolute atomic E-state index is 0.0129. The molecule has 2 heterocycles. The van der Waals surface area contributed by atoms with Crippen LogP contribution in [0.2, 0.25) is 0 Å². The lowest BCUT2D eigenvalue weighted by molar-refractivity contribution is -0.118. The number of amides is 3. The summed E-state index contributed by atoms with van der Waals surface area (Å²) >= 11 is 0. The van der Waals surface area contributed by atoms with Gasteiger partial charge in [-0.1, -0.05) is 49.0 Å². The van der Waals surface area contributed by atoms with E-state index in [1.807, 2.05) is 41.2 Å². The quantitative estimate of drug-likeness (QED) is 0.458. The van der Waals surface area contributed by atoms with E-state index >= 15 is 0 Å². The highest BCUT2D eigenvalue weighted by atomic mass is 16.2. The molecule has 1 aliphatic carbocycles. The van der Waals surface area contributed by atoms with Crippen LogP contribution in [-0.2, 0) is 4.79 Å². The number of carbonyl (C=O) groups is 2. The van der Waals surface area contributed by atoms with Gasteiger partial charge in [0.25, 0.3) is 5.91 Å². The van der Waals surface area contributed by atoms with Crippen molar-refractivity contribution in [2.75, 3.05) is 0 Å². The molecule has 5 rings (SSSR count). The molecule has 1 aromatic heterocycles. The Morgan fingerprint density at radius 2 is 1.86 bits per heavy atom. The van der Waals surface area contributed by atoms with Crippen LogP contribution < -0.4 is 21.7 Å². The molecule has 3 amide bonds. The Hall–Kier alpha value is -4.33. The molecular weight excluding hydrogens is 440 g/mol. The molecule has 0 spiro atoms. The van der Waals surface area contributed by atoms with Crippen molar-refractivity contribution < 1.29 is 9.59 Å². The second-order valence-corrected chi connectivity index (χ2v) is 9.04. The van der Waals surface area contributed by atoms with E-state index in [9.17, 15) is 9.59 Å². The van der Waals surface area contributed by atoms with Crippen molar-refractivity contribution in [2.45, 2.75) is 38.1 Å².